The largest absolute Gasteiger partial charge is 0.385 e. The molecular weight excluding hydrogens is 345 g/mol. The Hall–Kier alpha value is -0.970. The standard InChI is InChI=1S/C18H27N3O.2ClH/c1-3-21-12-6-7-14(21)13-20(2)18(22)16-8-4-10-17-15(16)9-5-11-19-17;;/h4,8,10,14,19H,3,5-7,9,11-13H2,1-2H3;2*1H. The SMILES string of the molecule is CCN1CCCC1CN(C)C(=O)c1cccc2c1CCCN2.Cl.Cl. The van der Waals surface area contributed by atoms with Crippen molar-refractivity contribution in [3.8, 4) is 0 Å². The molecule has 0 bridgehead atoms. The highest BCUT2D eigenvalue weighted by atomic mass is 35.5. The van der Waals surface area contributed by atoms with Crippen molar-refractivity contribution in [1.29, 1.82) is 0 Å². The number of rotatable bonds is 4. The molecule has 1 aromatic carbocycles. The van der Waals surface area contributed by atoms with Crippen LogP contribution in [0.4, 0.5) is 5.69 Å². The van der Waals surface area contributed by atoms with Crippen molar-refractivity contribution < 1.29 is 4.79 Å². The predicted octanol–water partition coefficient (Wildman–Crippen LogP) is 3.44. The Balaban J connectivity index is 0.00000144. The Morgan fingerprint density at radius 2 is 2.12 bits per heavy atom. The zero-order valence-corrected chi connectivity index (χ0v) is 16.2. The van der Waals surface area contributed by atoms with E-state index in [4.69, 9.17) is 0 Å². The summed E-state index contributed by atoms with van der Waals surface area (Å²) in [6.07, 6.45) is 4.57. The first-order chi connectivity index (χ1) is 10.7. The first-order valence-corrected chi connectivity index (χ1v) is 8.56. The molecule has 136 valence electrons. The smallest absolute Gasteiger partial charge is 0.254 e. The molecule has 0 radical (unpaired) electrons. The predicted molar refractivity (Wildman–Crippen MR) is 105 cm³/mol. The average Bonchev–Trinajstić information content (AvgIpc) is 3.00. The van der Waals surface area contributed by atoms with E-state index < -0.39 is 0 Å². The van der Waals surface area contributed by atoms with Gasteiger partial charge in [0.15, 0.2) is 0 Å². The van der Waals surface area contributed by atoms with Crippen LogP contribution < -0.4 is 5.32 Å². The van der Waals surface area contributed by atoms with E-state index in [1.165, 1.54) is 24.9 Å². The van der Waals surface area contributed by atoms with Crippen molar-refractivity contribution in [1.82, 2.24) is 9.80 Å². The first-order valence-electron chi connectivity index (χ1n) is 8.56. The molecular formula is C18H29Cl2N3O. The lowest BCUT2D eigenvalue weighted by molar-refractivity contribution is 0.0753. The lowest BCUT2D eigenvalue weighted by atomic mass is 9.97. The van der Waals surface area contributed by atoms with Gasteiger partial charge in [0.05, 0.1) is 0 Å². The Morgan fingerprint density at radius 3 is 2.88 bits per heavy atom. The Kier molecular flexibility index (Phi) is 8.34. The topological polar surface area (TPSA) is 35.6 Å². The molecule has 24 heavy (non-hydrogen) atoms. The molecule has 2 aliphatic rings. The summed E-state index contributed by atoms with van der Waals surface area (Å²) in [6, 6.07) is 6.58. The van der Waals surface area contributed by atoms with Crippen LogP contribution in [0.25, 0.3) is 0 Å². The van der Waals surface area contributed by atoms with E-state index in [1.807, 2.05) is 24.1 Å². The van der Waals surface area contributed by atoms with Gasteiger partial charge in [-0.3, -0.25) is 9.69 Å². The van der Waals surface area contributed by atoms with Gasteiger partial charge in [0.2, 0.25) is 0 Å². The molecule has 1 atom stereocenters. The monoisotopic (exact) mass is 373 g/mol. The van der Waals surface area contributed by atoms with E-state index in [0.717, 1.165) is 43.7 Å². The minimum atomic E-state index is 0. The Morgan fingerprint density at radius 1 is 1.33 bits per heavy atom. The van der Waals surface area contributed by atoms with Gasteiger partial charge in [-0.15, -0.1) is 24.8 Å². The summed E-state index contributed by atoms with van der Waals surface area (Å²) in [5.41, 5.74) is 3.22. The number of anilines is 1. The molecule has 0 aliphatic carbocycles. The third-order valence-corrected chi connectivity index (χ3v) is 5.06. The molecule has 1 unspecified atom stereocenters. The summed E-state index contributed by atoms with van der Waals surface area (Å²) in [4.78, 5) is 17.3. The van der Waals surface area contributed by atoms with E-state index in [0.29, 0.717) is 6.04 Å². The molecule has 2 heterocycles. The molecule has 1 fully saturated rings. The number of amides is 1. The van der Waals surface area contributed by atoms with Gasteiger partial charge in [-0.25, -0.2) is 0 Å². The second kappa shape index (κ2) is 9.50. The minimum Gasteiger partial charge on any atom is -0.385 e. The van der Waals surface area contributed by atoms with Gasteiger partial charge in [-0.1, -0.05) is 13.0 Å². The molecule has 0 aromatic heterocycles. The van der Waals surface area contributed by atoms with Crippen molar-refractivity contribution >= 4 is 36.4 Å². The van der Waals surface area contributed by atoms with Gasteiger partial charge < -0.3 is 10.2 Å². The molecule has 2 aliphatic heterocycles. The summed E-state index contributed by atoms with van der Waals surface area (Å²) in [5, 5.41) is 3.41. The molecule has 1 saturated heterocycles. The molecule has 1 amide bonds. The fourth-order valence-corrected chi connectivity index (χ4v) is 3.83. The summed E-state index contributed by atoms with van der Waals surface area (Å²) in [5.74, 6) is 0.170. The van der Waals surface area contributed by atoms with E-state index >= 15 is 0 Å². The highest BCUT2D eigenvalue weighted by molar-refractivity contribution is 5.97. The third kappa shape index (κ3) is 4.35. The summed E-state index contributed by atoms with van der Waals surface area (Å²) in [6.45, 7) is 6.31. The van der Waals surface area contributed by atoms with Crippen LogP contribution in [0.5, 0.6) is 0 Å². The summed E-state index contributed by atoms with van der Waals surface area (Å²) >= 11 is 0. The van der Waals surface area contributed by atoms with Crippen LogP contribution in [0.2, 0.25) is 0 Å². The minimum absolute atomic E-state index is 0. The van der Waals surface area contributed by atoms with Gasteiger partial charge in [-0.2, -0.15) is 0 Å². The van der Waals surface area contributed by atoms with Crippen LogP contribution >= 0.6 is 24.8 Å². The van der Waals surface area contributed by atoms with Crippen LogP contribution in [-0.4, -0.2) is 55.0 Å². The molecule has 1 aromatic rings. The Labute approximate surface area is 157 Å². The third-order valence-electron chi connectivity index (χ3n) is 5.06. The molecule has 0 spiro atoms. The van der Waals surface area contributed by atoms with Gasteiger partial charge in [-0.05, 0) is 56.5 Å². The van der Waals surface area contributed by atoms with Crippen LogP contribution in [0, 0.1) is 0 Å². The van der Waals surface area contributed by atoms with Crippen molar-refractivity contribution in [3.63, 3.8) is 0 Å². The number of halogens is 2. The maximum Gasteiger partial charge on any atom is 0.254 e. The van der Waals surface area contributed by atoms with Crippen molar-refractivity contribution in [2.45, 2.75) is 38.6 Å². The van der Waals surface area contributed by atoms with E-state index in [9.17, 15) is 4.79 Å². The first kappa shape index (κ1) is 21.1. The highest BCUT2D eigenvalue weighted by Crippen LogP contribution is 2.26. The van der Waals surface area contributed by atoms with Crippen LogP contribution in [0.15, 0.2) is 18.2 Å². The zero-order chi connectivity index (χ0) is 15.5. The highest BCUT2D eigenvalue weighted by Gasteiger charge is 2.27. The van der Waals surface area contributed by atoms with Crippen LogP contribution in [0.1, 0.15) is 42.1 Å². The number of hydrogen-bond acceptors (Lipinski definition) is 3. The van der Waals surface area contributed by atoms with Crippen LogP contribution in [0.3, 0.4) is 0 Å². The van der Waals surface area contributed by atoms with Gasteiger partial charge in [0, 0.05) is 37.4 Å². The zero-order valence-electron chi connectivity index (χ0n) is 14.6. The molecule has 0 saturated carbocycles. The average molecular weight is 374 g/mol. The number of carbonyl (C=O) groups excluding carboxylic acids is 1. The molecule has 4 nitrogen and oxygen atoms in total. The van der Waals surface area contributed by atoms with Crippen molar-refractivity contribution in [3.05, 3.63) is 29.3 Å². The number of benzene rings is 1. The van der Waals surface area contributed by atoms with E-state index in [2.05, 4.69) is 23.2 Å². The number of nitrogens with zero attached hydrogens (tertiary/aromatic N) is 2. The van der Waals surface area contributed by atoms with Crippen molar-refractivity contribution in [2.75, 3.05) is 38.5 Å². The number of nitrogens with one attached hydrogen (secondary N) is 1. The molecule has 1 N–H and O–H groups in total. The lowest BCUT2D eigenvalue weighted by Gasteiger charge is -2.29. The van der Waals surface area contributed by atoms with Gasteiger partial charge >= 0.3 is 0 Å². The number of likely N-dealkylation sites (N-methyl/N-ethyl adjacent to an activating group) is 2. The van der Waals surface area contributed by atoms with E-state index in [1.54, 1.807) is 0 Å². The summed E-state index contributed by atoms with van der Waals surface area (Å²) in [7, 11) is 1.95. The van der Waals surface area contributed by atoms with Crippen LogP contribution in [-0.2, 0) is 6.42 Å². The number of likely N-dealkylation sites (tertiary alicyclic amines) is 1. The van der Waals surface area contributed by atoms with Crippen molar-refractivity contribution in [2.24, 2.45) is 0 Å². The second-order valence-corrected chi connectivity index (χ2v) is 6.47. The maximum absolute atomic E-state index is 12.9. The van der Waals surface area contributed by atoms with Gasteiger partial charge in [0.25, 0.3) is 5.91 Å². The lowest BCUT2D eigenvalue weighted by Crippen LogP contribution is -2.41. The number of carbonyl (C=O) groups is 1. The summed E-state index contributed by atoms with van der Waals surface area (Å²) < 4.78 is 0. The molecule has 6 heteroatoms. The van der Waals surface area contributed by atoms with Gasteiger partial charge in [0.1, 0.15) is 0 Å². The fourth-order valence-electron chi connectivity index (χ4n) is 3.83. The maximum atomic E-state index is 12.9. The van der Waals surface area contributed by atoms with E-state index in [-0.39, 0.29) is 30.7 Å². The fraction of sp³-hybridized carbons (Fsp3) is 0.611. The Bertz CT molecular complexity index is 553. The normalized spacial score (nSPS) is 19.5. The number of hydrogen-bond donors (Lipinski definition) is 1. The number of fused-ring (bicyclic) bond motifs is 1. The molecule has 3 rings (SSSR count). The quantitative estimate of drug-likeness (QED) is 0.877. The second-order valence-electron chi connectivity index (χ2n) is 6.47.